The van der Waals surface area contributed by atoms with E-state index in [1.807, 2.05) is 37.3 Å². The third-order valence-electron chi connectivity index (χ3n) is 4.40. The van der Waals surface area contributed by atoms with Gasteiger partial charge in [0.1, 0.15) is 6.33 Å². The Morgan fingerprint density at radius 1 is 1.19 bits per heavy atom. The number of H-pyrrole nitrogens is 1. The third kappa shape index (κ3) is 5.01. The molecule has 31 heavy (non-hydrogen) atoms. The molecule has 2 heterocycles. The number of carbonyl (C=O) groups is 1. The lowest BCUT2D eigenvalue weighted by Gasteiger charge is -2.09. The molecule has 0 unspecified atom stereocenters. The van der Waals surface area contributed by atoms with Gasteiger partial charge in [-0.3, -0.25) is 14.2 Å². The normalized spacial score (nSPS) is 10.8. The summed E-state index contributed by atoms with van der Waals surface area (Å²) in [6.07, 6.45) is 1.59. The number of carbonyl (C=O) groups excluding carboxylic acids is 1. The van der Waals surface area contributed by atoms with Crippen molar-refractivity contribution in [3.63, 3.8) is 0 Å². The largest absolute Gasteiger partial charge is 0.325 e. The second-order valence-electron chi connectivity index (χ2n) is 6.64. The van der Waals surface area contributed by atoms with Gasteiger partial charge in [0.15, 0.2) is 5.16 Å². The van der Waals surface area contributed by atoms with E-state index in [2.05, 4.69) is 25.7 Å². The highest BCUT2D eigenvalue weighted by molar-refractivity contribution is 7.99. The minimum absolute atomic E-state index is 0.152. The van der Waals surface area contributed by atoms with Crippen molar-refractivity contribution in [2.75, 3.05) is 11.1 Å². The molecule has 0 spiro atoms. The van der Waals surface area contributed by atoms with Gasteiger partial charge < -0.3 is 5.32 Å². The summed E-state index contributed by atoms with van der Waals surface area (Å²) in [4.78, 5) is 23.7. The van der Waals surface area contributed by atoms with Gasteiger partial charge in [0, 0.05) is 22.3 Å². The van der Waals surface area contributed by atoms with Crippen LogP contribution in [0.1, 0.15) is 5.56 Å². The second-order valence-corrected chi connectivity index (χ2v) is 7.99. The SMILES string of the molecule is Cc1ccc(-n2cnnc2SCC(=O)Nc2cccc(-c3ccc(=O)[nH]n3)c2)cc1Cl. The molecule has 2 N–H and O–H groups in total. The smallest absolute Gasteiger partial charge is 0.264 e. The molecule has 0 atom stereocenters. The van der Waals surface area contributed by atoms with Crippen LogP contribution in [0.4, 0.5) is 5.69 Å². The molecule has 4 rings (SSSR count). The molecule has 0 saturated heterocycles. The van der Waals surface area contributed by atoms with Crippen molar-refractivity contribution < 1.29 is 4.79 Å². The summed E-state index contributed by atoms with van der Waals surface area (Å²) < 4.78 is 1.78. The van der Waals surface area contributed by atoms with E-state index in [1.165, 1.54) is 17.8 Å². The zero-order valence-corrected chi connectivity index (χ0v) is 17.9. The molecule has 0 aliphatic rings. The summed E-state index contributed by atoms with van der Waals surface area (Å²) in [6, 6.07) is 15.9. The lowest BCUT2D eigenvalue weighted by molar-refractivity contribution is -0.113. The Hall–Kier alpha value is -3.43. The number of nitrogens with one attached hydrogen (secondary N) is 2. The number of anilines is 1. The van der Waals surface area contributed by atoms with Gasteiger partial charge in [-0.25, -0.2) is 5.10 Å². The molecule has 0 aliphatic carbocycles. The summed E-state index contributed by atoms with van der Waals surface area (Å²) in [5.41, 5.74) is 3.54. The highest BCUT2D eigenvalue weighted by atomic mass is 35.5. The van der Waals surface area contributed by atoms with Gasteiger partial charge in [0.2, 0.25) is 5.91 Å². The Balaban J connectivity index is 1.42. The Labute approximate surface area is 186 Å². The number of hydrogen-bond donors (Lipinski definition) is 2. The quantitative estimate of drug-likeness (QED) is 0.432. The van der Waals surface area contributed by atoms with Crippen molar-refractivity contribution in [3.05, 3.63) is 81.9 Å². The van der Waals surface area contributed by atoms with E-state index >= 15 is 0 Å². The molecule has 10 heteroatoms. The molecular formula is C21H17ClN6O2S. The summed E-state index contributed by atoms with van der Waals surface area (Å²) in [5.74, 6) is -0.0348. The number of aromatic amines is 1. The fraction of sp³-hybridized carbons (Fsp3) is 0.0952. The maximum absolute atomic E-state index is 12.5. The Morgan fingerprint density at radius 2 is 2.06 bits per heavy atom. The van der Waals surface area contributed by atoms with E-state index in [1.54, 1.807) is 29.1 Å². The van der Waals surface area contributed by atoms with Crippen LogP contribution in [-0.4, -0.2) is 36.6 Å². The van der Waals surface area contributed by atoms with Gasteiger partial charge in [-0.2, -0.15) is 5.10 Å². The van der Waals surface area contributed by atoms with Gasteiger partial charge in [-0.05, 0) is 42.8 Å². The predicted octanol–water partition coefficient (Wildman–Crippen LogP) is 3.71. The van der Waals surface area contributed by atoms with Gasteiger partial charge in [-0.1, -0.05) is 41.6 Å². The number of aryl methyl sites for hydroxylation is 1. The molecule has 4 aromatic rings. The summed E-state index contributed by atoms with van der Waals surface area (Å²) >= 11 is 7.49. The maximum Gasteiger partial charge on any atom is 0.264 e. The van der Waals surface area contributed by atoms with Crippen LogP contribution in [0.25, 0.3) is 16.9 Å². The monoisotopic (exact) mass is 452 g/mol. The standard InChI is InChI=1S/C21H17ClN6O2S/c1-13-5-6-16(10-17(13)22)28-12-23-27-21(28)31-11-20(30)24-15-4-2-3-14(9-15)18-7-8-19(29)26-25-18/h2-10,12H,11H2,1H3,(H,24,30)(H,26,29). The fourth-order valence-corrected chi connectivity index (χ4v) is 3.72. The molecule has 0 fully saturated rings. The number of halogens is 1. The first kappa shape index (κ1) is 20.8. The molecule has 0 aliphatic heterocycles. The average Bonchev–Trinajstić information content (AvgIpc) is 3.24. The van der Waals surface area contributed by atoms with Crippen LogP contribution in [0.2, 0.25) is 5.02 Å². The van der Waals surface area contributed by atoms with Crippen molar-refractivity contribution in [3.8, 4) is 16.9 Å². The molecule has 2 aromatic heterocycles. The van der Waals surface area contributed by atoms with Crippen molar-refractivity contribution in [1.82, 2.24) is 25.0 Å². The molecule has 0 radical (unpaired) electrons. The molecule has 0 bridgehead atoms. The van der Waals surface area contributed by atoms with Crippen LogP contribution < -0.4 is 10.9 Å². The van der Waals surface area contributed by atoms with Crippen molar-refractivity contribution >= 4 is 35.0 Å². The summed E-state index contributed by atoms with van der Waals surface area (Å²) in [7, 11) is 0. The van der Waals surface area contributed by atoms with E-state index < -0.39 is 0 Å². The maximum atomic E-state index is 12.5. The molecule has 8 nitrogen and oxygen atoms in total. The van der Waals surface area contributed by atoms with E-state index in [0.29, 0.717) is 21.6 Å². The van der Waals surface area contributed by atoms with Crippen LogP contribution in [0.5, 0.6) is 0 Å². The third-order valence-corrected chi connectivity index (χ3v) is 5.75. The average molecular weight is 453 g/mol. The van der Waals surface area contributed by atoms with E-state index in [9.17, 15) is 9.59 Å². The lowest BCUT2D eigenvalue weighted by Crippen LogP contribution is -2.14. The summed E-state index contributed by atoms with van der Waals surface area (Å²) in [5, 5.41) is 18.6. The number of hydrogen-bond acceptors (Lipinski definition) is 6. The van der Waals surface area contributed by atoms with Crippen molar-refractivity contribution in [2.24, 2.45) is 0 Å². The molecular weight excluding hydrogens is 436 g/mol. The number of amides is 1. The van der Waals surface area contributed by atoms with E-state index in [0.717, 1.165) is 16.8 Å². The predicted molar refractivity (Wildman–Crippen MR) is 121 cm³/mol. The van der Waals surface area contributed by atoms with Crippen molar-refractivity contribution in [1.29, 1.82) is 0 Å². The Morgan fingerprint density at radius 3 is 2.84 bits per heavy atom. The highest BCUT2D eigenvalue weighted by Crippen LogP contribution is 2.24. The summed E-state index contributed by atoms with van der Waals surface area (Å²) in [6.45, 7) is 1.93. The number of benzene rings is 2. The lowest BCUT2D eigenvalue weighted by atomic mass is 10.1. The first-order chi connectivity index (χ1) is 15.0. The first-order valence-corrected chi connectivity index (χ1v) is 10.6. The van der Waals surface area contributed by atoms with Gasteiger partial charge in [0.05, 0.1) is 17.1 Å². The minimum atomic E-state index is -0.272. The van der Waals surface area contributed by atoms with Gasteiger partial charge in [0.25, 0.3) is 5.56 Å². The zero-order chi connectivity index (χ0) is 21.8. The van der Waals surface area contributed by atoms with Crippen molar-refractivity contribution in [2.45, 2.75) is 12.1 Å². The minimum Gasteiger partial charge on any atom is -0.325 e. The fourth-order valence-electron chi connectivity index (χ4n) is 2.82. The van der Waals surface area contributed by atoms with E-state index in [-0.39, 0.29) is 17.2 Å². The number of aromatic nitrogens is 5. The Kier molecular flexibility index (Phi) is 6.15. The van der Waals surface area contributed by atoms with Crippen LogP contribution in [0, 0.1) is 6.92 Å². The molecule has 0 saturated carbocycles. The molecule has 1 amide bonds. The topological polar surface area (TPSA) is 106 Å². The first-order valence-electron chi connectivity index (χ1n) is 9.25. The number of nitrogens with zero attached hydrogens (tertiary/aromatic N) is 4. The molecule has 2 aromatic carbocycles. The van der Waals surface area contributed by atoms with Crippen LogP contribution >= 0.6 is 23.4 Å². The number of thioether (sulfide) groups is 1. The van der Waals surface area contributed by atoms with Gasteiger partial charge in [-0.15, -0.1) is 10.2 Å². The van der Waals surface area contributed by atoms with Crippen LogP contribution in [-0.2, 0) is 4.79 Å². The Bertz CT molecular complexity index is 1280. The van der Waals surface area contributed by atoms with Crippen LogP contribution in [0.15, 0.2) is 70.9 Å². The van der Waals surface area contributed by atoms with E-state index in [4.69, 9.17) is 11.6 Å². The van der Waals surface area contributed by atoms with Crippen LogP contribution in [0.3, 0.4) is 0 Å². The van der Waals surface area contributed by atoms with Gasteiger partial charge >= 0.3 is 0 Å². The highest BCUT2D eigenvalue weighted by Gasteiger charge is 2.12. The molecule has 156 valence electrons. The number of rotatable bonds is 6. The zero-order valence-electron chi connectivity index (χ0n) is 16.4. The second kappa shape index (κ2) is 9.15.